The van der Waals surface area contributed by atoms with Gasteiger partial charge in [-0.2, -0.15) is 0 Å². The van der Waals surface area contributed by atoms with Gasteiger partial charge in [0.05, 0.1) is 13.1 Å². The van der Waals surface area contributed by atoms with Gasteiger partial charge in [-0.1, -0.05) is 19.8 Å². The normalized spacial score (nSPS) is 31.4. The van der Waals surface area contributed by atoms with E-state index in [2.05, 4.69) is 12.2 Å². The smallest absolute Gasteiger partial charge is 0.242 e. The Bertz CT molecular complexity index is 291. The summed E-state index contributed by atoms with van der Waals surface area (Å²) in [6.07, 6.45) is 4.98. The Hall–Kier alpha value is -1.06. The number of nitrogens with one attached hydrogen (secondary N) is 1. The van der Waals surface area contributed by atoms with Crippen LogP contribution in [-0.2, 0) is 9.59 Å². The highest BCUT2D eigenvalue weighted by molar-refractivity contribution is 5.92. The second-order valence-electron chi connectivity index (χ2n) is 5.19. The maximum atomic E-state index is 11.6. The van der Waals surface area contributed by atoms with Crippen molar-refractivity contribution >= 4 is 11.8 Å². The first-order valence-corrected chi connectivity index (χ1v) is 6.19. The van der Waals surface area contributed by atoms with Crippen molar-refractivity contribution in [3.05, 3.63) is 0 Å². The molecule has 2 amide bonds. The first-order valence-electron chi connectivity index (χ1n) is 6.19. The summed E-state index contributed by atoms with van der Waals surface area (Å²) in [5.41, 5.74) is 0. The molecule has 0 radical (unpaired) electrons. The van der Waals surface area contributed by atoms with Gasteiger partial charge >= 0.3 is 0 Å². The molecule has 4 nitrogen and oxygen atoms in total. The van der Waals surface area contributed by atoms with Gasteiger partial charge in [0.2, 0.25) is 11.8 Å². The Morgan fingerprint density at radius 3 is 2.94 bits per heavy atom. The number of amides is 2. The fourth-order valence-corrected chi connectivity index (χ4v) is 2.81. The summed E-state index contributed by atoms with van der Waals surface area (Å²) >= 11 is 0. The van der Waals surface area contributed by atoms with Crippen LogP contribution in [0.15, 0.2) is 0 Å². The molecule has 1 aliphatic heterocycles. The topological polar surface area (TPSA) is 49.4 Å². The number of piperazine rings is 1. The zero-order valence-corrected chi connectivity index (χ0v) is 9.87. The van der Waals surface area contributed by atoms with Crippen LogP contribution < -0.4 is 5.32 Å². The maximum absolute atomic E-state index is 11.6. The van der Waals surface area contributed by atoms with Crippen molar-refractivity contribution in [2.75, 3.05) is 19.6 Å². The fraction of sp³-hybridized carbons (Fsp3) is 0.833. The standard InChI is InChI=1S/C12H20N2O2/c1-9-3-2-4-10(5-9)7-14-8-11(15)13-6-12(14)16/h9-10H,2-8H2,1H3,(H,13,15). The monoisotopic (exact) mass is 224 g/mol. The third kappa shape index (κ3) is 2.74. The summed E-state index contributed by atoms with van der Waals surface area (Å²) in [5, 5.41) is 2.58. The second kappa shape index (κ2) is 4.85. The molecule has 0 aromatic heterocycles. The molecule has 1 saturated carbocycles. The summed E-state index contributed by atoms with van der Waals surface area (Å²) in [6.45, 7) is 3.48. The zero-order valence-electron chi connectivity index (χ0n) is 9.87. The van der Waals surface area contributed by atoms with Crippen molar-refractivity contribution in [2.24, 2.45) is 11.8 Å². The van der Waals surface area contributed by atoms with E-state index in [1.54, 1.807) is 4.90 Å². The van der Waals surface area contributed by atoms with Gasteiger partial charge in [0.25, 0.3) is 0 Å². The Kier molecular flexibility index (Phi) is 3.46. The van der Waals surface area contributed by atoms with Crippen LogP contribution in [0.4, 0.5) is 0 Å². The molecule has 1 aliphatic carbocycles. The van der Waals surface area contributed by atoms with Crippen LogP contribution in [-0.4, -0.2) is 36.3 Å². The molecular formula is C12H20N2O2. The lowest BCUT2D eigenvalue weighted by atomic mass is 9.82. The van der Waals surface area contributed by atoms with Crippen LogP contribution in [0.5, 0.6) is 0 Å². The quantitative estimate of drug-likeness (QED) is 0.753. The number of nitrogens with zero attached hydrogens (tertiary/aromatic N) is 1. The van der Waals surface area contributed by atoms with Crippen molar-refractivity contribution in [3.63, 3.8) is 0 Å². The minimum atomic E-state index is -0.0246. The highest BCUT2D eigenvalue weighted by Gasteiger charge is 2.27. The fourth-order valence-electron chi connectivity index (χ4n) is 2.81. The molecule has 2 aliphatic rings. The summed E-state index contributed by atoms with van der Waals surface area (Å²) < 4.78 is 0. The third-order valence-electron chi connectivity index (χ3n) is 3.65. The van der Waals surface area contributed by atoms with Crippen molar-refractivity contribution in [1.29, 1.82) is 0 Å². The molecule has 0 aromatic carbocycles. The van der Waals surface area contributed by atoms with E-state index in [-0.39, 0.29) is 24.9 Å². The molecule has 16 heavy (non-hydrogen) atoms. The molecule has 1 heterocycles. The van der Waals surface area contributed by atoms with Crippen LogP contribution in [0, 0.1) is 11.8 Å². The predicted octanol–water partition coefficient (Wildman–Crippen LogP) is 0.771. The van der Waals surface area contributed by atoms with Crippen LogP contribution >= 0.6 is 0 Å². The van der Waals surface area contributed by atoms with Crippen molar-refractivity contribution in [3.8, 4) is 0 Å². The summed E-state index contributed by atoms with van der Waals surface area (Å²) in [5.74, 6) is 1.41. The van der Waals surface area contributed by atoms with Gasteiger partial charge in [0.1, 0.15) is 0 Å². The first kappa shape index (κ1) is 11.4. The van der Waals surface area contributed by atoms with Crippen LogP contribution in [0.3, 0.4) is 0 Å². The predicted molar refractivity (Wildman–Crippen MR) is 60.7 cm³/mol. The van der Waals surface area contributed by atoms with E-state index in [0.29, 0.717) is 5.92 Å². The van der Waals surface area contributed by atoms with Gasteiger partial charge in [-0.25, -0.2) is 0 Å². The minimum absolute atomic E-state index is 0.0246. The lowest BCUT2D eigenvalue weighted by Gasteiger charge is -2.33. The molecule has 90 valence electrons. The van der Waals surface area contributed by atoms with E-state index in [4.69, 9.17) is 0 Å². The molecule has 0 spiro atoms. The SMILES string of the molecule is CC1CCCC(CN2CC(=O)NCC2=O)C1. The molecule has 2 fully saturated rings. The van der Waals surface area contributed by atoms with Gasteiger partial charge in [0.15, 0.2) is 0 Å². The van der Waals surface area contributed by atoms with E-state index >= 15 is 0 Å². The van der Waals surface area contributed by atoms with Gasteiger partial charge in [-0.15, -0.1) is 0 Å². The van der Waals surface area contributed by atoms with E-state index in [9.17, 15) is 9.59 Å². The zero-order chi connectivity index (χ0) is 11.5. The summed E-state index contributed by atoms with van der Waals surface area (Å²) in [6, 6.07) is 0. The van der Waals surface area contributed by atoms with Crippen molar-refractivity contribution in [2.45, 2.75) is 32.6 Å². The number of carbonyl (C=O) groups excluding carboxylic acids is 2. The van der Waals surface area contributed by atoms with Crippen LogP contribution in [0.25, 0.3) is 0 Å². The molecule has 0 bridgehead atoms. The van der Waals surface area contributed by atoms with E-state index in [1.165, 1.54) is 25.7 Å². The Labute approximate surface area is 96.4 Å². The van der Waals surface area contributed by atoms with Gasteiger partial charge in [-0.3, -0.25) is 9.59 Å². The number of rotatable bonds is 2. The third-order valence-corrected chi connectivity index (χ3v) is 3.65. The van der Waals surface area contributed by atoms with Gasteiger partial charge < -0.3 is 10.2 Å². The van der Waals surface area contributed by atoms with Gasteiger partial charge in [-0.05, 0) is 24.7 Å². The highest BCUT2D eigenvalue weighted by atomic mass is 16.2. The Balaban J connectivity index is 1.87. The highest BCUT2D eigenvalue weighted by Crippen LogP contribution is 2.29. The first-order chi connectivity index (χ1) is 7.65. The minimum Gasteiger partial charge on any atom is -0.345 e. The Morgan fingerprint density at radius 1 is 1.38 bits per heavy atom. The number of carbonyl (C=O) groups is 2. The lowest BCUT2D eigenvalue weighted by molar-refractivity contribution is -0.141. The second-order valence-corrected chi connectivity index (χ2v) is 5.19. The summed E-state index contributed by atoms with van der Waals surface area (Å²) in [4.78, 5) is 24.6. The Morgan fingerprint density at radius 2 is 2.19 bits per heavy atom. The van der Waals surface area contributed by atoms with Crippen molar-refractivity contribution in [1.82, 2.24) is 10.2 Å². The molecule has 4 heteroatoms. The number of hydrogen-bond acceptors (Lipinski definition) is 2. The van der Waals surface area contributed by atoms with E-state index in [0.717, 1.165) is 12.5 Å². The van der Waals surface area contributed by atoms with Crippen molar-refractivity contribution < 1.29 is 9.59 Å². The molecule has 2 atom stereocenters. The largest absolute Gasteiger partial charge is 0.345 e. The summed E-state index contributed by atoms with van der Waals surface area (Å²) in [7, 11) is 0. The van der Waals surface area contributed by atoms with Crippen LogP contribution in [0.1, 0.15) is 32.6 Å². The molecule has 2 rings (SSSR count). The molecule has 1 saturated heterocycles. The molecule has 2 unspecified atom stereocenters. The average Bonchev–Trinajstić information content (AvgIpc) is 2.24. The van der Waals surface area contributed by atoms with Crippen LogP contribution in [0.2, 0.25) is 0 Å². The molecular weight excluding hydrogens is 204 g/mol. The van der Waals surface area contributed by atoms with E-state index < -0.39 is 0 Å². The van der Waals surface area contributed by atoms with Gasteiger partial charge in [0, 0.05) is 6.54 Å². The number of hydrogen-bond donors (Lipinski definition) is 1. The maximum Gasteiger partial charge on any atom is 0.242 e. The lowest BCUT2D eigenvalue weighted by Crippen LogP contribution is -2.52. The van der Waals surface area contributed by atoms with E-state index in [1.807, 2.05) is 0 Å². The average molecular weight is 224 g/mol. The molecule has 1 N–H and O–H groups in total. The molecule has 0 aromatic rings.